The highest BCUT2D eigenvalue weighted by Gasteiger charge is 2.29. The van der Waals surface area contributed by atoms with E-state index in [9.17, 15) is 27.2 Å². The summed E-state index contributed by atoms with van der Waals surface area (Å²) in [6.45, 7) is -0.927. The van der Waals surface area contributed by atoms with E-state index in [0.717, 1.165) is 17.7 Å². The molecular formula is C28H20F4N2O3. The maximum absolute atomic E-state index is 13.9. The molecule has 0 aliphatic heterocycles. The second kappa shape index (κ2) is 10.0. The van der Waals surface area contributed by atoms with Crippen LogP contribution in [0.1, 0.15) is 39.5 Å². The van der Waals surface area contributed by atoms with Crippen molar-refractivity contribution in [3.63, 3.8) is 0 Å². The molecule has 1 aliphatic carbocycles. The predicted molar refractivity (Wildman–Crippen MR) is 128 cm³/mol. The summed E-state index contributed by atoms with van der Waals surface area (Å²) in [4.78, 5) is 30.3. The van der Waals surface area contributed by atoms with E-state index in [2.05, 4.69) is 0 Å². The Labute approximate surface area is 209 Å². The number of rotatable bonds is 5. The Kier molecular flexibility index (Phi) is 6.60. The van der Waals surface area contributed by atoms with Gasteiger partial charge in [-0.15, -0.1) is 0 Å². The van der Waals surface area contributed by atoms with Gasteiger partial charge in [-0.2, -0.15) is 0 Å². The number of aromatic nitrogens is 1. The standard InChI is InChI=1S/C28H20F4N2O3/c29-19-13-20(30)26(32)27(25(19)31)34-23(35)14-37-28(36)24-17-8-4-5-9-21(17)33-22-11-10-16(12-18(22)24)15-6-2-1-3-7-15/h1-9,13,16H,10-12,14H2,(H,34,35). The Bertz CT molecular complexity index is 1500. The third kappa shape index (κ3) is 4.76. The lowest BCUT2D eigenvalue weighted by Crippen LogP contribution is -2.24. The minimum atomic E-state index is -1.76. The van der Waals surface area contributed by atoms with Gasteiger partial charge in [0.15, 0.2) is 29.9 Å². The van der Waals surface area contributed by atoms with E-state index in [0.29, 0.717) is 29.3 Å². The van der Waals surface area contributed by atoms with Crippen molar-refractivity contribution in [3.05, 3.63) is 106 Å². The van der Waals surface area contributed by atoms with Gasteiger partial charge in [-0.3, -0.25) is 9.78 Å². The maximum Gasteiger partial charge on any atom is 0.339 e. The van der Waals surface area contributed by atoms with Gasteiger partial charge in [-0.1, -0.05) is 48.5 Å². The Morgan fingerprint density at radius 2 is 1.62 bits per heavy atom. The van der Waals surface area contributed by atoms with Gasteiger partial charge in [0.1, 0.15) is 5.69 Å². The number of pyridine rings is 1. The van der Waals surface area contributed by atoms with Gasteiger partial charge in [0.2, 0.25) is 0 Å². The molecule has 1 heterocycles. The molecule has 1 aromatic heterocycles. The zero-order chi connectivity index (χ0) is 26.1. The fraction of sp³-hybridized carbons (Fsp3) is 0.179. The summed E-state index contributed by atoms with van der Waals surface area (Å²) in [7, 11) is 0. The number of carbonyl (C=O) groups is 2. The quantitative estimate of drug-likeness (QED) is 0.208. The number of fused-ring (bicyclic) bond motifs is 2. The molecule has 1 atom stereocenters. The number of hydrogen-bond acceptors (Lipinski definition) is 4. The van der Waals surface area contributed by atoms with E-state index in [1.165, 1.54) is 0 Å². The Balaban J connectivity index is 1.42. The van der Waals surface area contributed by atoms with Crippen LogP contribution in [-0.2, 0) is 22.4 Å². The molecule has 5 nitrogen and oxygen atoms in total. The van der Waals surface area contributed by atoms with Gasteiger partial charge < -0.3 is 10.1 Å². The van der Waals surface area contributed by atoms with Crippen LogP contribution in [0.15, 0.2) is 60.7 Å². The van der Waals surface area contributed by atoms with E-state index in [-0.39, 0.29) is 17.5 Å². The van der Waals surface area contributed by atoms with Crippen LogP contribution in [-0.4, -0.2) is 23.5 Å². The number of anilines is 1. The average Bonchev–Trinajstić information content (AvgIpc) is 2.91. The normalized spacial score (nSPS) is 14.8. The van der Waals surface area contributed by atoms with Crippen molar-refractivity contribution in [1.82, 2.24) is 4.98 Å². The third-order valence-corrected chi connectivity index (χ3v) is 6.44. The molecule has 3 aromatic carbocycles. The average molecular weight is 508 g/mol. The molecule has 4 aromatic rings. The van der Waals surface area contributed by atoms with Crippen LogP contribution < -0.4 is 5.32 Å². The van der Waals surface area contributed by atoms with E-state index in [1.807, 2.05) is 30.3 Å². The molecule has 9 heteroatoms. The summed E-state index contributed by atoms with van der Waals surface area (Å²) in [6, 6.07) is 17.0. The van der Waals surface area contributed by atoms with Crippen molar-refractivity contribution in [1.29, 1.82) is 0 Å². The number of benzene rings is 3. The Hall–Kier alpha value is -4.27. The molecule has 188 valence electrons. The first-order valence-corrected chi connectivity index (χ1v) is 11.6. The molecule has 0 spiro atoms. The molecular weight excluding hydrogens is 488 g/mol. The van der Waals surface area contributed by atoms with E-state index in [4.69, 9.17) is 9.72 Å². The molecule has 5 rings (SSSR count). The molecule has 0 radical (unpaired) electrons. The summed E-state index contributed by atoms with van der Waals surface area (Å²) in [6.07, 6.45) is 2.03. The molecule has 1 N–H and O–H groups in total. The van der Waals surface area contributed by atoms with Crippen molar-refractivity contribution in [2.75, 3.05) is 11.9 Å². The van der Waals surface area contributed by atoms with Gasteiger partial charge in [-0.05, 0) is 42.4 Å². The van der Waals surface area contributed by atoms with E-state index >= 15 is 0 Å². The topological polar surface area (TPSA) is 68.3 Å². The zero-order valence-corrected chi connectivity index (χ0v) is 19.4. The van der Waals surface area contributed by atoms with Crippen LogP contribution >= 0.6 is 0 Å². The van der Waals surface area contributed by atoms with Crippen LogP contribution in [0.4, 0.5) is 23.2 Å². The number of nitrogens with zero attached hydrogens (tertiary/aromatic N) is 1. The monoisotopic (exact) mass is 508 g/mol. The summed E-state index contributed by atoms with van der Waals surface area (Å²) in [5.74, 6) is -8.70. The number of amides is 1. The SMILES string of the molecule is O=C(COC(=O)c1c2c(nc3ccccc13)CCC(c1ccccc1)C2)Nc1c(F)c(F)cc(F)c1F. The van der Waals surface area contributed by atoms with E-state index < -0.39 is 47.4 Å². The van der Waals surface area contributed by atoms with Gasteiger partial charge in [0, 0.05) is 17.1 Å². The fourth-order valence-corrected chi connectivity index (χ4v) is 4.69. The first-order valence-electron chi connectivity index (χ1n) is 11.6. The van der Waals surface area contributed by atoms with Gasteiger partial charge >= 0.3 is 5.97 Å². The summed E-state index contributed by atoms with van der Waals surface area (Å²) in [5, 5.41) is 2.28. The minimum Gasteiger partial charge on any atom is -0.452 e. The second-order valence-electron chi connectivity index (χ2n) is 8.75. The maximum atomic E-state index is 13.9. The number of aryl methyl sites for hydroxylation is 1. The van der Waals surface area contributed by atoms with E-state index in [1.54, 1.807) is 29.6 Å². The number of halogens is 4. The number of nitrogens with one attached hydrogen (secondary N) is 1. The number of ether oxygens (including phenoxy) is 1. The van der Waals surface area contributed by atoms with Crippen LogP contribution in [0.2, 0.25) is 0 Å². The van der Waals surface area contributed by atoms with Crippen molar-refractivity contribution in [2.45, 2.75) is 25.2 Å². The fourth-order valence-electron chi connectivity index (χ4n) is 4.69. The van der Waals surface area contributed by atoms with Crippen molar-refractivity contribution < 1.29 is 31.9 Å². The Morgan fingerprint density at radius 3 is 2.35 bits per heavy atom. The van der Waals surface area contributed by atoms with Crippen LogP contribution in [0.5, 0.6) is 0 Å². The lowest BCUT2D eigenvalue weighted by Gasteiger charge is -2.26. The molecule has 0 saturated heterocycles. The van der Waals surface area contributed by atoms with Crippen LogP contribution in [0.3, 0.4) is 0 Å². The third-order valence-electron chi connectivity index (χ3n) is 6.44. The number of para-hydroxylation sites is 1. The summed E-state index contributed by atoms with van der Waals surface area (Å²) >= 11 is 0. The zero-order valence-electron chi connectivity index (χ0n) is 19.4. The molecule has 1 aliphatic rings. The van der Waals surface area contributed by atoms with Gasteiger partial charge in [-0.25, -0.2) is 22.4 Å². The molecule has 0 saturated carbocycles. The lowest BCUT2D eigenvalue weighted by molar-refractivity contribution is -0.119. The highest BCUT2D eigenvalue weighted by molar-refractivity contribution is 6.06. The van der Waals surface area contributed by atoms with Crippen LogP contribution in [0, 0.1) is 23.3 Å². The minimum absolute atomic E-state index is 0.0285. The summed E-state index contributed by atoms with van der Waals surface area (Å²) < 4.78 is 59.9. The second-order valence-corrected chi connectivity index (χ2v) is 8.75. The van der Waals surface area contributed by atoms with Crippen LogP contribution in [0.25, 0.3) is 10.9 Å². The van der Waals surface area contributed by atoms with Gasteiger partial charge in [0.05, 0.1) is 11.1 Å². The molecule has 0 fully saturated rings. The smallest absolute Gasteiger partial charge is 0.339 e. The molecule has 1 amide bonds. The van der Waals surface area contributed by atoms with Crippen molar-refractivity contribution >= 4 is 28.5 Å². The van der Waals surface area contributed by atoms with Crippen molar-refractivity contribution in [3.8, 4) is 0 Å². The van der Waals surface area contributed by atoms with Crippen molar-refractivity contribution in [2.24, 2.45) is 0 Å². The number of carbonyl (C=O) groups excluding carboxylic acids is 2. The number of hydrogen-bond donors (Lipinski definition) is 1. The lowest BCUT2D eigenvalue weighted by atomic mass is 9.80. The molecule has 0 bridgehead atoms. The highest BCUT2D eigenvalue weighted by Crippen LogP contribution is 2.36. The Morgan fingerprint density at radius 1 is 0.946 bits per heavy atom. The molecule has 37 heavy (non-hydrogen) atoms. The first-order chi connectivity index (χ1) is 17.8. The molecule has 1 unspecified atom stereocenters. The summed E-state index contributed by atoms with van der Waals surface area (Å²) in [5.41, 5.74) is 2.18. The predicted octanol–water partition coefficient (Wildman–Crippen LogP) is 5.86. The van der Waals surface area contributed by atoms with Gasteiger partial charge in [0.25, 0.3) is 5.91 Å². The number of esters is 1. The first kappa shape index (κ1) is 24.4. The largest absolute Gasteiger partial charge is 0.452 e. The highest BCUT2D eigenvalue weighted by atomic mass is 19.2.